The highest BCUT2D eigenvalue weighted by Gasteiger charge is 2.25. The number of nitriles is 1. The molecular weight excluding hydrogens is 206 g/mol. The zero-order valence-corrected chi connectivity index (χ0v) is 8.52. The van der Waals surface area contributed by atoms with Crippen LogP contribution in [0.2, 0.25) is 5.15 Å². The molecule has 1 aromatic rings. The summed E-state index contributed by atoms with van der Waals surface area (Å²) in [5, 5.41) is 31.3. The molecule has 2 unspecified atom stereocenters. The van der Waals surface area contributed by atoms with Crippen molar-refractivity contribution in [3.05, 3.63) is 16.4 Å². The molecule has 0 amide bonds. The molecular formula is C8H10ClN3O2. The first-order valence-corrected chi connectivity index (χ1v) is 4.31. The van der Waals surface area contributed by atoms with E-state index in [9.17, 15) is 5.11 Å². The summed E-state index contributed by atoms with van der Waals surface area (Å²) in [6, 6.07) is 1.54. The molecule has 0 aliphatic carbocycles. The monoisotopic (exact) mass is 215 g/mol. The fourth-order valence-corrected chi connectivity index (χ4v) is 1.50. The van der Waals surface area contributed by atoms with Crippen LogP contribution in [0.1, 0.15) is 17.4 Å². The number of hydrogen-bond donors (Lipinski definition) is 2. The molecule has 0 saturated heterocycles. The Morgan fingerprint density at radius 2 is 2.14 bits per heavy atom. The zero-order chi connectivity index (χ0) is 10.9. The van der Waals surface area contributed by atoms with Crippen LogP contribution in [0.5, 0.6) is 0 Å². The molecule has 2 atom stereocenters. The summed E-state index contributed by atoms with van der Waals surface area (Å²) in [6.45, 7) is 1.65. The number of aliphatic hydroxyl groups excluding tert-OH is 2. The lowest BCUT2D eigenvalue weighted by molar-refractivity contribution is 0.0524. The number of aromatic nitrogens is 2. The Labute approximate surface area is 86.1 Å². The van der Waals surface area contributed by atoms with E-state index in [0.717, 1.165) is 0 Å². The lowest BCUT2D eigenvalue weighted by atomic mass is 10.1. The largest absolute Gasteiger partial charge is 0.384 e. The second-order valence-electron chi connectivity index (χ2n) is 2.93. The summed E-state index contributed by atoms with van der Waals surface area (Å²) in [5.41, 5.74) is 0.794. The predicted molar refractivity (Wildman–Crippen MR) is 49.5 cm³/mol. The number of rotatable bonds is 2. The Hall–Kier alpha value is -1.09. The first kappa shape index (κ1) is 11.0. The van der Waals surface area contributed by atoms with Gasteiger partial charge in [0.15, 0.2) is 6.10 Å². The number of halogens is 1. The Balaban J connectivity index is 3.13. The molecule has 0 aliphatic heterocycles. The molecule has 76 valence electrons. The predicted octanol–water partition coefficient (Wildman–Crippen LogP) is 0.300. The van der Waals surface area contributed by atoms with Gasteiger partial charge < -0.3 is 10.2 Å². The molecule has 14 heavy (non-hydrogen) atoms. The van der Waals surface area contributed by atoms with Gasteiger partial charge in [-0.3, -0.25) is 4.68 Å². The first-order chi connectivity index (χ1) is 6.49. The number of aryl methyl sites for hydroxylation is 2. The standard InChI is InChI=1S/C8H10ClN3O2/c1-4-6(7(14)5(13)3-10)8(9)12(2)11-4/h5,7,13-14H,1-2H3. The van der Waals surface area contributed by atoms with Crippen molar-refractivity contribution in [3.8, 4) is 6.07 Å². The average Bonchev–Trinajstić information content (AvgIpc) is 2.39. The summed E-state index contributed by atoms with van der Waals surface area (Å²) >= 11 is 5.83. The van der Waals surface area contributed by atoms with Crippen LogP contribution in [0.4, 0.5) is 0 Å². The van der Waals surface area contributed by atoms with Gasteiger partial charge in [0.1, 0.15) is 11.3 Å². The van der Waals surface area contributed by atoms with E-state index in [1.54, 1.807) is 14.0 Å². The molecule has 0 bridgehead atoms. The van der Waals surface area contributed by atoms with Crippen molar-refractivity contribution in [1.82, 2.24) is 9.78 Å². The summed E-state index contributed by atoms with van der Waals surface area (Å²) in [7, 11) is 1.62. The number of hydrogen-bond acceptors (Lipinski definition) is 4. The minimum atomic E-state index is -1.49. The summed E-state index contributed by atoms with van der Waals surface area (Å²) in [6.07, 6.45) is -2.81. The molecule has 0 saturated carbocycles. The van der Waals surface area contributed by atoms with E-state index in [1.165, 1.54) is 10.8 Å². The maximum Gasteiger partial charge on any atom is 0.170 e. The molecule has 5 nitrogen and oxygen atoms in total. The maximum absolute atomic E-state index is 9.55. The average molecular weight is 216 g/mol. The second-order valence-corrected chi connectivity index (χ2v) is 3.29. The maximum atomic E-state index is 9.55. The van der Waals surface area contributed by atoms with Crippen LogP contribution in [0, 0.1) is 18.3 Å². The molecule has 0 aromatic carbocycles. The highest BCUT2D eigenvalue weighted by atomic mass is 35.5. The molecule has 6 heteroatoms. The van der Waals surface area contributed by atoms with Gasteiger partial charge in [0.25, 0.3) is 0 Å². The molecule has 1 rings (SSSR count). The highest BCUT2D eigenvalue weighted by Crippen LogP contribution is 2.27. The third kappa shape index (κ3) is 1.73. The van der Waals surface area contributed by atoms with Crippen LogP contribution in [0.25, 0.3) is 0 Å². The highest BCUT2D eigenvalue weighted by molar-refractivity contribution is 6.30. The normalized spacial score (nSPS) is 14.9. The second kappa shape index (κ2) is 3.96. The minimum Gasteiger partial charge on any atom is -0.384 e. The molecule has 0 spiro atoms. The Morgan fingerprint density at radius 3 is 2.50 bits per heavy atom. The molecule has 1 aromatic heterocycles. The van der Waals surface area contributed by atoms with E-state index in [2.05, 4.69) is 5.10 Å². The van der Waals surface area contributed by atoms with Crippen molar-refractivity contribution in [3.63, 3.8) is 0 Å². The zero-order valence-electron chi connectivity index (χ0n) is 7.77. The molecule has 1 heterocycles. The summed E-state index contributed by atoms with van der Waals surface area (Å²) in [4.78, 5) is 0. The van der Waals surface area contributed by atoms with E-state index < -0.39 is 12.2 Å². The number of aliphatic hydroxyl groups is 2. The van der Waals surface area contributed by atoms with Gasteiger partial charge in [0, 0.05) is 12.6 Å². The van der Waals surface area contributed by atoms with E-state index >= 15 is 0 Å². The van der Waals surface area contributed by atoms with Crippen LogP contribution in [0.15, 0.2) is 0 Å². The van der Waals surface area contributed by atoms with Crippen molar-refractivity contribution in [2.45, 2.75) is 19.1 Å². The van der Waals surface area contributed by atoms with Crippen LogP contribution in [-0.2, 0) is 7.05 Å². The first-order valence-electron chi connectivity index (χ1n) is 3.93. The Bertz CT molecular complexity index is 383. The lowest BCUT2D eigenvalue weighted by Gasteiger charge is -2.10. The lowest BCUT2D eigenvalue weighted by Crippen LogP contribution is -2.16. The molecule has 0 aliphatic rings. The Kier molecular flexibility index (Phi) is 3.11. The SMILES string of the molecule is Cc1nn(C)c(Cl)c1C(O)C(O)C#N. The van der Waals surface area contributed by atoms with Crippen LogP contribution in [0.3, 0.4) is 0 Å². The van der Waals surface area contributed by atoms with Gasteiger partial charge in [-0.15, -0.1) is 0 Å². The van der Waals surface area contributed by atoms with E-state index in [0.29, 0.717) is 11.3 Å². The van der Waals surface area contributed by atoms with Gasteiger partial charge in [-0.05, 0) is 6.92 Å². The third-order valence-electron chi connectivity index (χ3n) is 1.92. The fraction of sp³-hybridized carbons (Fsp3) is 0.500. The van der Waals surface area contributed by atoms with E-state index in [4.69, 9.17) is 22.0 Å². The summed E-state index contributed by atoms with van der Waals surface area (Å²) < 4.78 is 1.37. The van der Waals surface area contributed by atoms with Crippen molar-refractivity contribution in [2.24, 2.45) is 7.05 Å². The van der Waals surface area contributed by atoms with Crippen LogP contribution >= 0.6 is 11.6 Å². The van der Waals surface area contributed by atoms with Gasteiger partial charge in [-0.1, -0.05) is 11.6 Å². The molecule has 2 N–H and O–H groups in total. The van der Waals surface area contributed by atoms with E-state index in [1.807, 2.05) is 0 Å². The molecule has 0 radical (unpaired) electrons. The number of nitrogens with zero attached hydrogens (tertiary/aromatic N) is 3. The van der Waals surface area contributed by atoms with Gasteiger partial charge in [-0.2, -0.15) is 10.4 Å². The third-order valence-corrected chi connectivity index (χ3v) is 2.37. The minimum absolute atomic E-state index is 0.226. The summed E-state index contributed by atoms with van der Waals surface area (Å²) in [5.74, 6) is 0. The van der Waals surface area contributed by atoms with Crippen molar-refractivity contribution in [1.29, 1.82) is 5.26 Å². The van der Waals surface area contributed by atoms with Gasteiger partial charge >= 0.3 is 0 Å². The van der Waals surface area contributed by atoms with Crippen molar-refractivity contribution in [2.75, 3.05) is 0 Å². The van der Waals surface area contributed by atoms with E-state index in [-0.39, 0.29) is 5.15 Å². The Morgan fingerprint density at radius 1 is 1.57 bits per heavy atom. The quantitative estimate of drug-likeness (QED) is 0.696. The van der Waals surface area contributed by atoms with Gasteiger partial charge in [0.2, 0.25) is 0 Å². The smallest absolute Gasteiger partial charge is 0.170 e. The van der Waals surface area contributed by atoms with Gasteiger partial charge in [-0.25, -0.2) is 0 Å². The van der Waals surface area contributed by atoms with Crippen LogP contribution in [-0.4, -0.2) is 26.1 Å². The van der Waals surface area contributed by atoms with Gasteiger partial charge in [0.05, 0.1) is 11.8 Å². The van der Waals surface area contributed by atoms with Crippen molar-refractivity contribution < 1.29 is 10.2 Å². The topological polar surface area (TPSA) is 82.1 Å². The molecule has 0 fully saturated rings. The van der Waals surface area contributed by atoms with Crippen molar-refractivity contribution >= 4 is 11.6 Å². The van der Waals surface area contributed by atoms with Crippen LogP contribution < -0.4 is 0 Å². The fourth-order valence-electron chi connectivity index (χ4n) is 1.21.